The number of carbonyl (C=O) groups is 5. The van der Waals surface area contributed by atoms with Crippen molar-refractivity contribution in [2.24, 2.45) is 5.92 Å². The Bertz CT molecular complexity index is 1200. The molecule has 0 bridgehead atoms. The van der Waals surface area contributed by atoms with Crippen molar-refractivity contribution < 1.29 is 38.2 Å². The fourth-order valence-corrected chi connectivity index (χ4v) is 4.02. The van der Waals surface area contributed by atoms with E-state index in [4.69, 9.17) is 14.2 Å². The minimum Gasteiger partial charge on any atom is -0.454 e. The minimum absolute atomic E-state index is 0.00347. The van der Waals surface area contributed by atoms with E-state index < -0.39 is 42.3 Å². The van der Waals surface area contributed by atoms with Crippen molar-refractivity contribution in [3.8, 4) is 11.5 Å². The van der Waals surface area contributed by atoms with E-state index in [2.05, 4.69) is 5.32 Å². The number of ketones is 1. The van der Waals surface area contributed by atoms with Gasteiger partial charge in [-0.05, 0) is 31.0 Å². The zero-order valence-electron chi connectivity index (χ0n) is 19.5. The number of Topliss-reactive ketones (excluding diaryl/α,β-unsaturated/α-hetero) is 1. The number of ether oxygens (including phenoxy) is 3. The van der Waals surface area contributed by atoms with Crippen LogP contribution in [-0.2, 0) is 14.3 Å². The SMILES string of the molecule is CC[C@H](C)[C@@H](C(=O)OCC(=O)Nc1cc2c(cc1C(C)=O)OCO2)N1C(=O)c2ccccc2C1=O. The molecule has 2 heterocycles. The van der Waals surface area contributed by atoms with Crippen molar-refractivity contribution in [3.63, 3.8) is 0 Å². The van der Waals surface area contributed by atoms with Crippen LogP contribution >= 0.6 is 0 Å². The summed E-state index contributed by atoms with van der Waals surface area (Å²) in [5.74, 6) is -2.70. The summed E-state index contributed by atoms with van der Waals surface area (Å²) in [5.41, 5.74) is 0.825. The maximum atomic E-state index is 13.0. The van der Waals surface area contributed by atoms with Gasteiger partial charge in [0, 0.05) is 11.6 Å². The Kier molecular flexibility index (Phi) is 6.54. The van der Waals surface area contributed by atoms with E-state index in [1.165, 1.54) is 31.2 Å². The summed E-state index contributed by atoms with van der Waals surface area (Å²) >= 11 is 0. The molecule has 0 aromatic heterocycles. The molecule has 182 valence electrons. The van der Waals surface area contributed by atoms with Crippen LogP contribution in [0.25, 0.3) is 0 Å². The number of amides is 3. The van der Waals surface area contributed by atoms with Crippen LogP contribution in [0.15, 0.2) is 36.4 Å². The second-order valence-corrected chi connectivity index (χ2v) is 8.32. The van der Waals surface area contributed by atoms with Crippen LogP contribution < -0.4 is 14.8 Å². The van der Waals surface area contributed by atoms with Crippen molar-refractivity contribution in [2.75, 3.05) is 18.7 Å². The Hall–Kier alpha value is -4.21. The topological polar surface area (TPSA) is 128 Å². The molecule has 0 fully saturated rings. The van der Waals surface area contributed by atoms with Gasteiger partial charge in [-0.15, -0.1) is 0 Å². The van der Waals surface area contributed by atoms with Crippen LogP contribution in [0.4, 0.5) is 5.69 Å². The largest absolute Gasteiger partial charge is 0.454 e. The molecular weight excluding hydrogens is 456 g/mol. The van der Waals surface area contributed by atoms with Crippen molar-refractivity contribution in [1.29, 1.82) is 0 Å². The number of benzene rings is 2. The van der Waals surface area contributed by atoms with Crippen LogP contribution in [0, 0.1) is 5.92 Å². The Labute approximate surface area is 201 Å². The van der Waals surface area contributed by atoms with E-state index in [9.17, 15) is 24.0 Å². The number of esters is 1. The number of carbonyl (C=O) groups excluding carboxylic acids is 5. The fourth-order valence-electron chi connectivity index (χ4n) is 4.02. The van der Waals surface area contributed by atoms with Crippen molar-refractivity contribution >= 4 is 35.2 Å². The van der Waals surface area contributed by atoms with E-state index >= 15 is 0 Å². The number of fused-ring (bicyclic) bond motifs is 2. The predicted octanol–water partition coefficient (Wildman–Crippen LogP) is 2.81. The molecule has 0 unspecified atom stereocenters. The molecule has 2 aliphatic heterocycles. The number of hydrogen-bond acceptors (Lipinski definition) is 8. The van der Waals surface area contributed by atoms with Gasteiger partial charge < -0.3 is 19.5 Å². The lowest BCUT2D eigenvalue weighted by atomic mass is 9.97. The first kappa shape index (κ1) is 23.9. The first-order valence-corrected chi connectivity index (χ1v) is 11.1. The summed E-state index contributed by atoms with van der Waals surface area (Å²) in [5, 5.41) is 2.54. The molecule has 0 aliphatic carbocycles. The van der Waals surface area contributed by atoms with E-state index in [0.29, 0.717) is 17.9 Å². The Morgan fingerprint density at radius 1 is 1.06 bits per heavy atom. The number of nitrogens with zero attached hydrogens (tertiary/aromatic N) is 1. The zero-order chi connectivity index (χ0) is 25.3. The summed E-state index contributed by atoms with van der Waals surface area (Å²) < 4.78 is 15.8. The van der Waals surface area contributed by atoms with Gasteiger partial charge in [0.2, 0.25) is 6.79 Å². The third-order valence-electron chi connectivity index (χ3n) is 6.04. The molecule has 0 saturated carbocycles. The first-order chi connectivity index (χ1) is 16.7. The smallest absolute Gasteiger partial charge is 0.330 e. The lowest BCUT2D eigenvalue weighted by molar-refractivity contribution is -0.152. The van der Waals surface area contributed by atoms with Crippen LogP contribution in [0.2, 0.25) is 0 Å². The lowest BCUT2D eigenvalue weighted by Crippen LogP contribution is -2.49. The van der Waals surface area contributed by atoms with Crippen LogP contribution in [0.3, 0.4) is 0 Å². The van der Waals surface area contributed by atoms with Crippen molar-refractivity contribution in [1.82, 2.24) is 4.90 Å². The average Bonchev–Trinajstić information content (AvgIpc) is 3.40. The standard InChI is InChI=1S/C25H24N2O8/c1-4-13(2)22(27-23(30)15-7-5-6-8-16(15)24(27)31)25(32)33-11-21(29)26-18-10-20-19(34-12-35-20)9-17(18)14(3)28/h5-10,13,22H,4,11-12H2,1-3H3,(H,26,29)/t13-,22-/m0/s1. The van der Waals surface area contributed by atoms with Gasteiger partial charge in [0.05, 0.1) is 16.8 Å². The molecule has 2 atom stereocenters. The van der Waals surface area contributed by atoms with E-state index in [1.807, 2.05) is 6.92 Å². The molecule has 2 aromatic rings. The van der Waals surface area contributed by atoms with Crippen molar-refractivity contribution in [3.05, 3.63) is 53.1 Å². The van der Waals surface area contributed by atoms with E-state index in [1.54, 1.807) is 19.1 Å². The molecule has 35 heavy (non-hydrogen) atoms. The Morgan fingerprint density at radius 3 is 2.23 bits per heavy atom. The van der Waals surface area contributed by atoms with Crippen LogP contribution in [0.5, 0.6) is 11.5 Å². The molecule has 10 heteroatoms. The van der Waals surface area contributed by atoms with Gasteiger partial charge in [-0.3, -0.25) is 24.1 Å². The summed E-state index contributed by atoms with van der Waals surface area (Å²) in [6.07, 6.45) is 0.485. The predicted molar refractivity (Wildman–Crippen MR) is 122 cm³/mol. The molecule has 10 nitrogen and oxygen atoms in total. The molecule has 0 spiro atoms. The Balaban J connectivity index is 1.48. The second kappa shape index (κ2) is 9.57. The molecular formula is C25H24N2O8. The lowest BCUT2D eigenvalue weighted by Gasteiger charge is -2.28. The molecule has 2 aliphatic rings. The summed E-state index contributed by atoms with van der Waals surface area (Å²) in [6, 6.07) is 8.06. The molecule has 1 N–H and O–H groups in total. The number of imide groups is 1. The minimum atomic E-state index is -1.20. The van der Waals surface area contributed by atoms with Gasteiger partial charge in [0.15, 0.2) is 23.9 Å². The maximum absolute atomic E-state index is 13.0. The highest BCUT2D eigenvalue weighted by molar-refractivity contribution is 6.22. The molecule has 2 aromatic carbocycles. The van der Waals surface area contributed by atoms with Gasteiger partial charge in [0.1, 0.15) is 6.04 Å². The molecule has 4 rings (SSSR count). The third kappa shape index (κ3) is 4.46. The van der Waals surface area contributed by atoms with Gasteiger partial charge in [-0.1, -0.05) is 32.4 Å². The highest BCUT2D eigenvalue weighted by atomic mass is 16.7. The van der Waals surface area contributed by atoms with Crippen LogP contribution in [0.1, 0.15) is 58.3 Å². The maximum Gasteiger partial charge on any atom is 0.330 e. The highest BCUT2D eigenvalue weighted by Gasteiger charge is 2.45. The monoisotopic (exact) mass is 480 g/mol. The van der Waals surface area contributed by atoms with E-state index in [0.717, 1.165) is 4.90 Å². The van der Waals surface area contributed by atoms with Gasteiger partial charge in [-0.2, -0.15) is 0 Å². The van der Waals surface area contributed by atoms with Crippen LogP contribution in [-0.4, -0.2) is 53.8 Å². The molecule has 0 saturated heterocycles. The Morgan fingerprint density at radius 2 is 1.66 bits per heavy atom. The number of rotatable bonds is 8. The summed E-state index contributed by atoms with van der Waals surface area (Å²) in [4.78, 5) is 64.3. The normalized spacial score (nSPS) is 15.5. The molecule has 0 radical (unpaired) electrons. The number of hydrogen-bond donors (Lipinski definition) is 1. The van der Waals surface area contributed by atoms with Gasteiger partial charge in [-0.25, -0.2) is 4.79 Å². The summed E-state index contributed by atoms with van der Waals surface area (Å²) in [6.45, 7) is 4.20. The summed E-state index contributed by atoms with van der Waals surface area (Å²) in [7, 11) is 0. The van der Waals surface area contributed by atoms with Gasteiger partial charge >= 0.3 is 5.97 Å². The van der Waals surface area contributed by atoms with E-state index in [-0.39, 0.29) is 35.0 Å². The van der Waals surface area contributed by atoms with Crippen molar-refractivity contribution in [2.45, 2.75) is 33.2 Å². The zero-order valence-corrected chi connectivity index (χ0v) is 19.5. The first-order valence-electron chi connectivity index (χ1n) is 11.1. The number of nitrogens with one attached hydrogen (secondary N) is 1. The molecule has 3 amide bonds. The van der Waals surface area contributed by atoms with Gasteiger partial charge in [0.25, 0.3) is 17.7 Å². The fraction of sp³-hybridized carbons (Fsp3) is 0.320. The average molecular weight is 480 g/mol. The third-order valence-corrected chi connectivity index (χ3v) is 6.04. The quantitative estimate of drug-likeness (QED) is 0.347. The number of anilines is 1. The second-order valence-electron chi connectivity index (χ2n) is 8.32. The highest BCUT2D eigenvalue weighted by Crippen LogP contribution is 2.37.